The third-order valence-corrected chi connectivity index (χ3v) is 2.68. The number of rotatable bonds is 2. The summed E-state index contributed by atoms with van der Waals surface area (Å²) in [5.74, 6) is -0.971. The van der Waals surface area contributed by atoms with E-state index < -0.39 is 17.7 Å². The summed E-state index contributed by atoms with van der Waals surface area (Å²) in [7, 11) is 1.47. The van der Waals surface area contributed by atoms with E-state index in [0.29, 0.717) is 4.47 Å². The van der Waals surface area contributed by atoms with Crippen LogP contribution in [0.5, 0.6) is 0 Å². The Morgan fingerprint density at radius 2 is 1.95 bits per heavy atom. The average Bonchev–Trinajstić information content (AvgIpc) is 2.26. The zero-order valence-corrected chi connectivity index (χ0v) is 12.7. The van der Waals surface area contributed by atoms with E-state index in [2.05, 4.69) is 20.9 Å². The number of aromatic carboxylic acids is 1. The summed E-state index contributed by atoms with van der Waals surface area (Å²) in [6, 6.07) is 3.05. The number of amides is 1. The molecule has 0 radical (unpaired) electrons. The van der Waals surface area contributed by atoms with Gasteiger partial charge in [0.1, 0.15) is 11.4 Å². The maximum atomic E-state index is 11.8. The number of pyridine rings is 1. The smallest absolute Gasteiger partial charge is 0.415 e. The van der Waals surface area contributed by atoms with Crippen molar-refractivity contribution in [2.75, 3.05) is 11.9 Å². The molecule has 1 rings (SSSR count). The first-order chi connectivity index (χ1) is 8.61. The van der Waals surface area contributed by atoms with E-state index in [-0.39, 0.29) is 11.5 Å². The Labute approximate surface area is 119 Å². The highest BCUT2D eigenvalue weighted by Crippen LogP contribution is 2.20. The van der Waals surface area contributed by atoms with Crippen LogP contribution in [0.2, 0.25) is 0 Å². The first-order valence-electron chi connectivity index (χ1n) is 5.48. The van der Waals surface area contributed by atoms with Crippen molar-refractivity contribution in [3.63, 3.8) is 0 Å². The van der Waals surface area contributed by atoms with Crippen LogP contribution < -0.4 is 4.90 Å². The molecule has 19 heavy (non-hydrogen) atoms. The van der Waals surface area contributed by atoms with Crippen LogP contribution >= 0.6 is 15.9 Å². The number of carbonyl (C=O) groups excluding carboxylic acids is 1. The number of ether oxygens (including phenoxy) is 1. The Balaban J connectivity index is 3.00. The van der Waals surface area contributed by atoms with Gasteiger partial charge in [-0.05, 0) is 48.8 Å². The molecular weight excluding hydrogens is 316 g/mol. The lowest BCUT2D eigenvalue weighted by molar-refractivity contribution is 0.0585. The Hall–Kier alpha value is -1.63. The van der Waals surface area contributed by atoms with Crippen LogP contribution in [0.4, 0.5) is 10.6 Å². The summed E-state index contributed by atoms with van der Waals surface area (Å²) in [5, 5.41) is 8.97. The molecule has 0 aliphatic carbocycles. The van der Waals surface area contributed by atoms with E-state index in [0.717, 1.165) is 4.90 Å². The van der Waals surface area contributed by atoms with E-state index in [4.69, 9.17) is 9.84 Å². The molecule has 1 heterocycles. The zero-order valence-electron chi connectivity index (χ0n) is 11.1. The van der Waals surface area contributed by atoms with Gasteiger partial charge in [-0.3, -0.25) is 4.90 Å². The topological polar surface area (TPSA) is 79.7 Å². The lowest BCUT2D eigenvalue weighted by Crippen LogP contribution is -2.34. The number of nitrogens with zero attached hydrogens (tertiary/aromatic N) is 2. The summed E-state index contributed by atoms with van der Waals surface area (Å²) in [4.78, 5) is 27.9. The Morgan fingerprint density at radius 3 is 2.42 bits per heavy atom. The molecule has 104 valence electrons. The fourth-order valence-electron chi connectivity index (χ4n) is 1.19. The molecule has 1 aromatic rings. The second-order valence-electron chi connectivity index (χ2n) is 4.84. The van der Waals surface area contributed by atoms with E-state index in [1.165, 1.54) is 19.2 Å². The number of carboxylic acids is 1. The van der Waals surface area contributed by atoms with Crippen LogP contribution in [-0.4, -0.2) is 34.8 Å². The third-order valence-electron chi connectivity index (χ3n) is 2.04. The second-order valence-corrected chi connectivity index (χ2v) is 5.70. The van der Waals surface area contributed by atoms with Crippen molar-refractivity contribution in [3.8, 4) is 0 Å². The van der Waals surface area contributed by atoms with Gasteiger partial charge in [-0.25, -0.2) is 14.6 Å². The molecule has 0 fully saturated rings. The monoisotopic (exact) mass is 330 g/mol. The molecule has 0 aromatic carbocycles. The predicted octanol–water partition coefficient (Wildman–Crippen LogP) is 2.91. The SMILES string of the molecule is CN(C(=O)OC(C)(C)C)c1ccc(Br)c(C(=O)O)n1. The van der Waals surface area contributed by atoms with Gasteiger partial charge in [-0.15, -0.1) is 0 Å². The van der Waals surface area contributed by atoms with Gasteiger partial charge in [-0.2, -0.15) is 0 Å². The van der Waals surface area contributed by atoms with Crippen LogP contribution in [0, 0.1) is 0 Å². The van der Waals surface area contributed by atoms with Crippen molar-refractivity contribution in [2.45, 2.75) is 26.4 Å². The van der Waals surface area contributed by atoms with Gasteiger partial charge in [0, 0.05) is 7.05 Å². The minimum Gasteiger partial charge on any atom is -0.476 e. The Kier molecular flexibility index (Phi) is 4.52. The summed E-state index contributed by atoms with van der Waals surface area (Å²) in [6.45, 7) is 5.24. The molecule has 0 bridgehead atoms. The number of hydrogen-bond donors (Lipinski definition) is 1. The molecule has 1 aromatic heterocycles. The van der Waals surface area contributed by atoms with Crippen molar-refractivity contribution in [1.29, 1.82) is 0 Å². The number of carboxylic acid groups (broad SMARTS) is 1. The lowest BCUT2D eigenvalue weighted by atomic mass is 10.2. The number of anilines is 1. The molecule has 6 nitrogen and oxygen atoms in total. The average molecular weight is 331 g/mol. The molecule has 0 unspecified atom stereocenters. The summed E-state index contributed by atoms with van der Waals surface area (Å²) >= 11 is 3.09. The first-order valence-corrected chi connectivity index (χ1v) is 6.27. The van der Waals surface area contributed by atoms with Gasteiger partial charge >= 0.3 is 12.1 Å². The van der Waals surface area contributed by atoms with E-state index in [9.17, 15) is 9.59 Å². The molecule has 0 aliphatic heterocycles. The van der Waals surface area contributed by atoms with Crippen molar-refractivity contribution >= 4 is 33.8 Å². The number of carbonyl (C=O) groups is 2. The van der Waals surface area contributed by atoms with Crippen molar-refractivity contribution in [1.82, 2.24) is 4.98 Å². The van der Waals surface area contributed by atoms with E-state index in [1.807, 2.05) is 0 Å². The van der Waals surface area contributed by atoms with Gasteiger partial charge in [0.2, 0.25) is 0 Å². The van der Waals surface area contributed by atoms with Crippen molar-refractivity contribution in [3.05, 3.63) is 22.3 Å². The third kappa shape index (κ3) is 4.20. The lowest BCUT2D eigenvalue weighted by Gasteiger charge is -2.24. The van der Waals surface area contributed by atoms with E-state index >= 15 is 0 Å². The Bertz CT molecular complexity index is 511. The van der Waals surface area contributed by atoms with E-state index in [1.54, 1.807) is 20.8 Å². The maximum Gasteiger partial charge on any atom is 0.415 e. The van der Waals surface area contributed by atoms with Crippen molar-refractivity contribution < 1.29 is 19.4 Å². The number of aromatic nitrogens is 1. The summed E-state index contributed by atoms with van der Waals surface area (Å²) < 4.78 is 5.52. The van der Waals surface area contributed by atoms with Crippen LogP contribution in [0.3, 0.4) is 0 Å². The molecule has 0 saturated carbocycles. The maximum absolute atomic E-state index is 11.8. The van der Waals surface area contributed by atoms with Gasteiger partial charge in [0.05, 0.1) is 4.47 Å². The summed E-state index contributed by atoms with van der Waals surface area (Å²) in [5.41, 5.74) is -0.788. The first kappa shape index (κ1) is 15.4. The molecule has 1 N–H and O–H groups in total. The standard InChI is InChI=1S/C12H15BrN2O4/c1-12(2,3)19-11(18)15(4)8-6-5-7(13)9(14-8)10(16)17/h5-6H,1-4H3,(H,16,17). The molecular formula is C12H15BrN2O4. The highest BCUT2D eigenvalue weighted by Gasteiger charge is 2.22. The van der Waals surface area contributed by atoms with Crippen molar-refractivity contribution in [2.24, 2.45) is 0 Å². The fraction of sp³-hybridized carbons (Fsp3) is 0.417. The largest absolute Gasteiger partial charge is 0.476 e. The molecule has 7 heteroatoms. The molecule has 0 aliphatic rings. The van der Waals surface area contributed by atoms with Crippen LogP contribution in [-0.2, 0) is 4.74 Å². The normalized spacial score (nSPS) is 11.0. The van der Waals surface area contributed by atoms with Gasteiger partial charge < -0.3 is 9.84 Å². The predicted molar refractivity (Wildman–Crippen MR) is 73.5 cm³/mol. The number of hydrogen-bond acceptors (Lipinski definition) is 4. The van der Waals surface area contributed by atoms with Gasteiger partial charge in [0.15, 0.2) is 5.69 Å². The second kappa shape index (κ2) is 5.56. The molecule has 0 spiro atoms. The van der Waals surface area contributed by atoms with Gasteiger partial charge in [0.25, 0.3) is 0 Å². The molecule has 0 saturated heterocycles. The minimum absolute atomic E-state index is 0.159. The highest BCUT2D eigenvalue weighted by atomic mass is 79.9. The highest BCUT2D eigenvalue weighted by molar-refractivity contribution is 9.10. The Morgan fingerprint density at radius 1 is 1.37 bits per heavy atom. The quantitative estimate of drug-likeness (QED) is 0.901. The van der Waals surface area contributed by atoms with Crippen LogP contribution in [0.15, 0.2) is 16.6 Å². The minimum atomic E-state index is -1.17. The van der Waals surface area contributed by atoms with Crippen LogP contribution in [0.1, 0.15) is 31.3 Å². The molecule has 1 amide bonds. The number of halogens is 1. The van der Waals surface area contributed by atoms with Crippen LogP contribution in [0.25, 0.3) is 0 Å². The fourth-order valence-corrected chi connectivity index (χ4v) is 1.58. The molecule has 0 atom stereocenters. The zero-order chi connectivity index (χ0) is 14.8. The van der Waals surface area contributed by atoms with Gasteiger partial charge in [-0.1, -0.05) is 0 Å². The summed E-state index contributed by atoms with van der Waals surface area (Å²) in [6.07, 6.45) is -0.598.